The standard InChI is InChI=1S/C35H43N5O5/c1-4-45-32-12-9-24(19-31(32)41)21-38-22-25-20-30(28-10-11-29(36(2)3)27-8-6-5-7-26(27)28)40-34(43)39(33(42)35(25,40)23-38)14-13-37-15-17-44-18-16-37/h5-12,19,25,30,41H,4,13-18,20-23H2,1-3H3/t25-,30-,35?/m0/s1. The normalized spacial score (nSPS) is 25.3. The van der Waals surface area contributed by atoms with Gasteiger partial charge in [-0.2, -0.15) is 0 Å². The van der Waals surface area contributed by atoms with Gasteiger partial charge in [-0.05, 0) is 48.1 Å². The number of hydrogen-bond donors (Lipinski definition) is 1. The minimum atomic E-state index is -0.915. The van der Waals surface area contributed by atoms with Gasteiger partial charge in [0, 0.05) is 76.9 Å². The van der Waals surface area contributed by atoms with E-state index in [0.717, 1.165) is 47.1 Å². The van der Waals surface area contributed by atoms with Crippen LogP contribution in [0.1, 0.15) is 30.5 Å². The van der Waals surface area contributed by atoms with E-state index in [0.29, 0.717) is 58.3 Å². The zero-order valence-electron chi connectivity index (χ0n) is 26.4. The highest BCUT2D eigenvalue weighted by Crippen LogP contribution is 2.56. The quantitative estimate of drug-likeness (QED) is 0.364. The summed E-state index contributed by atoms with van der Waals surface area (Å²) in [5.74, 6) is 0.505. The summed E-state index contributed by atoms with van der Waals surface area (Å²) in [6.07, 6.45) is 0.727. The van der Waals surface area contributed by atoms with Crippen LogP contribution in [0.3, 0.4) is 0 Å². The van der Waals surface area contributed by atoms with Crippen LogP contribution in [0.5, 0.6) is 11.5 Å². The number of likely N-dealkylation sites (tertiary alicyclic amines) is 1. The topological polar surface area (TPSA) is 89.0 Å². The number of morpholine rings is 1. The van der Waals surface area contributed by atoms with Gasteiger partial charge in [-0.1, -0.05) is 36.4 Å². The van der Waals surface area contributed by atoms with Crippen molar-refractivity contribution in [1.82, 2.24) is 19.6 Å². The Kier molecular flexibility index (Phi) is 7.83. The van der Waals surface area contributed by atoms with Crippen molar-refractivity contribution in [2.24, 2.45) is 5.92 Å². The Morgan fingerprint density at radius 1 is 1.00 bits per heavy atom. The third-order valence-electron chi connectivity index (χ3n) is 10.2. The maximum atomic E-state index is 14.6. The molecule has 3 aromatic carbocycles. The molecule has 1 spiro atoms. The fraction of sp³-hybridized carbons (Fsp3) is 0.486. The molecule has 0 aliphatic carbocycles. The number of aromatic hydroxyl groups is 1. The van der Waals surface area contributed by atoms with E-state index in [9.17, 15) is 14.7 Å². The van der Waals surface area contributed by atoms with Crippen molar-refractivity contribution >= 4 is 28.4 Å². The molecule has 0 radical (unpaired) electrons. The molecule has 0 saturated carbocycles. The van der Waals surface area contributed by atoms with Crippen molar-refractivity contribution in [2.75, 3.05) is 78.1 Å². The highest BCUT2D eigenvalue weighted by atomic mass is 16.5. The molecule has 45 heavy (non-hydrogen) atoms. The number of fused-ring (bicyclic) bond motifs is 1. The number of hydrogen-bond acceptors (Lipinski definition) is 8. The van der Waals surface area contributed by atoms with Gasteiger partial charge in [0.1, 0.15) is 5.54 Å². The van der Waals surface area contributed by atoms with E-state index in [1.165, 1.54) is 4.90 Å². The summed E-state index contributed by atoms with van der Waals surface area (Å²) < 4.78 is 11.0. The molecular formula is C35H43N5O5. The molecule has 3 amide bonds. The monoisotopic (exact) mass is 613 g/mol. The summed E-state index contributed by atoms with van der Waals surface area (Å²) >= 11 is 0. The number of ether oxygens (including phenoxy) is 2. The van der Waals surface area contributed by atoms with E-state index in [1.54, 1.807) is 12.1 Å². The van der Waals surface area contributed by atoms with Crippen molar-refractivity contribution in [3.05, 3.63) is 65.7 Å². The van der Waals surface area contributed by atoms with Crippen LogP contribution in [0, 0.1) is 5.92 Å². The Bertz CT molecular complexity index is 1610. The number of amides is 3. The third kappa shape index (κ3) is 4.99. The van der Waals surface area contributed by atoms with Gasteiger partial charge in [0.2, 0.25) is 0 Å². The SMILES string of the molecule is CCOc1ccc(CN2C[C@@H]3C[C@@H](c4ccc(N(C)C)c5ccccc45)N4C(=O)N(CCN5CCOCC5)C(=O)C34C2)cc1O. The Morgan fingerprint density at radius 2 is 1.78 bits per heavy atom. The molecule has 10 nitrogen and oxygen atoms in total. The predicted molar refractivity (Wildman–Crippen MR) is 173 cm³/mol. The maximum Gasteiger partial charge on any atom is 0.328 e. The molecule has 238 valence electrons. The average molecular weight is 614 g/mol. The van der Waals surface area contributed by atoms with Crippen LogP contribution in [0.4, 0.5) is 10.5 Å². The average Bonchev–Trinajstić information content (AvgIpc) is 3.61. The number of rotatable bonds is 9. The molecule has 4 heterocycles. The summed E-state index contributed by atoms with van der Waals surface area (Å²) in [4.78, 5) is 39.1. The number of urea groups is 1. The third-order valence-corrected chi connectivity index (χ3v) is 10.2. The van der Waals surface area contributed by atoms with Gasteiger partial charge in [-0.25, -0.2) is 4.79 Å². The number of phenols is 1. The Hall–Kier alpha value is -3.86. The second-order valence-electron chi connectivity index (χ2n) is 13.0. The molecule has 10 heteroatoms. The van der Waals surface area contributed by atoms with E-state index in [-0.39, 0.29) is 29.6 Å². The number of benzene rings is 3. The minimum absolute atomic E-state index is 0.00378. The van der Waals surface area contributed by atoms with Gasteiger partial charge < -0.3 is 24.4 Å². The maximum absolute atomic E-state index is 14.6. The van der Waals surface area contributed by atoms with Crippen molar-refractivity contribution < 1.29 is 24.2 Å². The van der Waals surface area contributed by atoms with Crippen LogP contribution in [-0.4, -0.2) is 115 Å². The van der Waals surface area contributed by atoms with Gasteiger partial charge in [-0.3, -0.25) is 19.5 Å². The highest BCUT2D eigenvalue weighted by molar-refractivity contribution is 6.09. The lowest BCUT2D eigenvalue weighted by molar-refractivity contribution is -0.133. The molecule has 0 aromatic heterocycles. The van der Waals surface area contributed by atoms with Crippen molar-refractivity contribution in [3.63, 3.8) is 0 Å². The Morgan fingerprint density at radius 3 is 2.51 bits per heavy atom. The molecular weight excluding hydrogens is 570 g/mol. The van der Waals surface area contributed by atoms with Crippen LogP contribution < -0.4 is 9.64 Å². The number of carbonyl (C=O) groups excluding carboxylic acids is 2. The second kappa shape index (κ2) is 11.8. The fourth-order valence-electron chi connectivity index (χ4n) is 8.13. The van der Waals surface area contributed by atoms with Crippen LogP contribution in [-0.2, 0) is 16.1 Å². The molecule has 4 saturated heterocycles. The number of anilines is 1. The first-order chi connectivity index (χ1) is 21.8. The molecule has 4 fully saturated rings. The first-order valence-electron chi connectivity index (χ1n) is 16.1. The highest BCUT2D eigenvalue weighted by Gasteiger charge is 2.70. The van der Waals surface area contributed by atoms with Crippen LogP contribution in [0.25, 0.3) is 10.8 Å². The van der Waals surface area contributed by atoms with Crippen molar-refractivity contribution in [2.45, 2.75) is 31.5 Å². The molecule has 1 N–H and O–H groups in total. The number of carbonyl (C=O) groups is 2. The largest absolute Gasteiger partial charge is 0.504 e. The van der Waals surface area contributed by atoms with Crippen LogP contribution in [0.15, 0.2) is 54.6 Å². The fourth-order valence-corrected chi connectivity index (χ4v) is 8.13. The smallest absolute Gasteiger partial charge is 0.328 e. The molecule has 3 atom stereocenters. The number of phenolic OH excluding ortho intramolecular Hbond substituents is 1. The number of imide groups is 1. The van der Waals surface area contributed by atoms with Crippen molar-refractivity contribution in [3.8, 4) is 11.5 Å². The Labute approximate surface area is 264 Å². The molecule has 0 bridgehead atoms. The lowest BCUT2D eigenvalue weighted by Crippen LogP contribution is -2.51. The summed E-state index contributed by atoms with van der Waals surface area (Å²) in [5.41, 5.74) is 2.26. The van der Waals surface area contributed by atoms with Gasteiger partial charge in [0.05, 0.1) is 25.9 Å². The van der Waals surface area contributed by atoms with Crippen molar-refractivity contribution in [1.29, 1.82) is 0 Å². The summed E-state index contributed by atoms with van der Waals surface area (Å²) in [5, 5.41) is 12.8. The molecule has 7 rings (SSSR count). The zero-order valence-corrected chi connectivity index (χ0v) is 26.4. The summed E-state index contributed by atoms with van der Waals surface area (Å²) in [7, 11) is 4.09. The van der Waals surface area contributed by atoms with Gasteiger partial charge >= 0.3 is 6.03 Å². The lowest BCUT2D eigenvalue weighted by atomic mass is 9.87. The molecule has 1 unspecified atom stereocenters. The molecule has 3 aromatic rings. The Balaban J connectivity index is 1.22. The number of nitrogens with zero attached hydrogens (tertiary/aromatic N) is 5. The van der Waals surface area contributed by atoms with E-state index in [2.05, 4.69) is 51.1 Å². The first-order valence-corrected chi connectivity index (χ1v) is 16.1. The van der Waals surface area contributed by atoms with Crippen LogP contribution in [0.2, 0.25) is 0 Å². The van der Waals surface area contributed by atoms with Gasteiger partial charge in [-0.15, -0.1) is 0 Å². The van der Waals surface area contributed by atoms with E-state index >= 15 is 0 Å². The van der Waals surface area contributed by atoms with E-state index in [4.69, 9.17) is 9.47 Å². The van der Waals surface area contributed by atoms with Gasteiger partial charge in [0.25, 0.3) is 5.91 Å². The molecule has 4 aliphatic heterocycles. The first kappa shape index (κ1) is 29.8. The zero-order chi connectivity index (χ0) is 31.3. The lowest BCUT2D eigenvalue weighted by Gasteiger charge is -2.32. The summed E-state index contributed by atoms with van der Waals surface area (Å²) in [6, 6.07) is 17.8. The van der Waals surface area contributed by atoms with Gasteiger partial charge in [0.15, 0.2) is 11.5 Å². The summed E-state index contributed by atoms with van der Waals surface area (Å²) in [6.45, 7) is 8.10. The molecule has 4 aliphatic rings. The van der Waals surface area contributed by atoms with E-state index in [1.807, 2.05) is 32.0 Å². The van der Waals surface area contributed by atoms with E-state index < -0.39 is 5.54 Å². The predicted octanol–water partition coefficient (Wildman–Crippen LogP) is 3.92. The second-order valence-corrected chi connectivity index (χ2v) is 13.0. The van der Waals surface area contributed by atoms with Crippen LogP contribution >= 0.6 is 0 Å². The minimum Gasteiger partial charge on any atom is -0.504 e.